The highest BCUT2D eigenvalue weighted by atomic mass is 16.7. The summed E-state index contributed by atoms with van der Waals surface area (Å²) in [5, 5.41) is 40.3. The first-order valence-corrected chi connectivity index (χ1v) is 9.97. The second-order valence-corrected chi connectivity index (χ2v) is 7.79. The summed E-state index contributed by atoms with van der Waals surface area (Å²) in [5.41, 5.74) is 2.44. The van der Waals surface area contributed by atoms with Crippen LogP contribution in [0.25, 0.3) is 11.0 Å². The fraction of sp³-hybridized carbons (Fsp3) is 0.571. The van der Waals surface area contributed by atoms with Crippen molar-refractivity contribution < 1.29 is 34.3 Å². The van der Waals surface area contributed by atoms with Gasteiger partial charge in [-0.25, -0.2) is 4.79 Å². The molecule has 8 nitrogen and oxygen atoms in total. The van der Waals surface area contributed by atoms with Crippen LogP contribution in [-0.2, 0) is 17.6 Å². The zero-order valence-corrected chi connectivity index (χ0v) is 16.2. The zero-order chi connectivity index (χ0) is 20.7. The van der Waals surface area contributed by atoms with Gasteiger partial charge >= 0.3 is 5.63 Å². The van der Waals surface area contributed by atoms with E-state index in [1.165, 1.54) is 0 Å². The van der Waals surface area contributed by atoms with Crippen LogP contribution in [0, 0.1) is 6.92 Å². The molecular weight excluding hydrogens is 380 g/mol. The Kier molecular flexibility index (Phi) is 5.63. The van der Waals surface area contributed by atoms with Crippen LogP contribution in [0.2, 0.25) is 0 Å². The summed E-state index contributed by atoms with van der Waals surface area (Å²) in [5.74, 6) is 0.318. The van der Waals surface area contributed by atoms with Gasteiger partial charge in [0.25, 0.3) is 0 Å². The van der Waals surface area contributed by atoms with E-state index in [0.29, 0.717) is 16.9 Å². The maximum absolute atomic E-state index is 12.5. The summed E-state index contributed by atoms with van der Waals surface area (Å²) in [6, 6.07) is 3.54. The summed E-state index contributed by atoms with van der Waals surface area (Å²) in [6.45, 7) is 1.20. The van der Waals surface area contributed by atoms with Crippen LogP contribution in [0.15, 0.2) is 21.3 Å². The first-order valence-electron chi connectivity index (χ1n) is 9.97. The number of hydrogen-bond donors (Lipinski definition) is 4. The van der Waals surface area contributed by atoms with E-state index >= 15 is 0 Å². The number of rotatable bonds is 3. The van der Waals surface area contributed by atoms with E-state index in [9.17, 15) is 25.2 Å². The van der Waals surface area contributed by atoms with Crippen LogP contribution in [0.3, 0.4) is 0 Å². The highest BCUT2D eigenvalue weighted by Gasteiger charge is 2.44. The van der Waals surface area contributed by atoms with Gasteiger partial charge in [0.2, 0.25) is 6.29 Å². The van der Waals surface area contributed by atoms with Crippen molar-refractivity contribution in [3.8, 4) is 5.75 Å². The van der Waals surface area contributed by atoms with Crippen molar-refractivity contribution >= 4 is 11.0 Å². The summed E-state index contributed by atoms with van der Waals surface area (Å²) in [7, 11) is 0. The Labute approximate surface area is 167 Å². The Morgan fingerprint density at radius 1 is 1.03 bits per heavy atom. The van der Waals surface area contributed by atoms with E-state index in [2.05, 4.69) is 0 Å². The molecule has 1 fully saturated rings. The van der Waals surface area contributed by atoms with Crippen LogP contribution in [0.1, 0.15) is 36.0 Å². The molecule has 0 unspecified atom stereocenters. The predicted molar refractivity (Wildman–Crippen MR) is 103 cm³/mol. The minimum absolute atomic E-state index is 0.318. The molecule has 2 heterocycles. The first kappa shape index (κ1) is 20.3. The minimum Gasteiger partial charge on any atom is -0.462 e. The van der Waals surface area contributed by atoms with E-state index in [-0.39, 0.29) is 5.63 Å². The molecule has 0 radical (unpaired) electrons. The van der Waals surface area contributed by atoms with E-state index in [1.807, 2.05) is 6.07 Å². The zero-order valence-electron chi connectivity index (χ0n) is 16.2. The number of aliphatic hydroxyl groups is 4. The van der Waals surface area contributed by atoms with Gasteiger partial charge in [0.15, 0.2) is 0 Å². The normalized spacial score (nSPS) is 30.0. The molecule has 8 heteroatoms. The Hall–Kier alpha value is -1.97. The molecule has 2 aliphatic rings. The molecule has 5 atom stereocenters. The molecular formula is C21H26O8. The highest BCUT2D eigenvalue weighted by Crippen LogP contribution is 2.34. The molecule has 0 bridgehead atoms. The van der Waals surface area contributed by atoms with Gasteiger partial charge in [0, 0.05) is 16.5 Å². The van der Waals surface area contributed by atoms with E-state index < -0.39 is 37.3 Å². The molecule has 0 spiro atoms. The Morgan fingerprint density at radius 2 is 1.76 bits per heavy atom. The third-order valence-corrected chi connectivity index (χ3v) is 5.93. The van der Waals surface area contributed by atoms with Crippen molar-refractivity contribution in [2.24, 2.45) is 0 Å². The van der Waals surface area contributed by atoms with Crippen molar-refractivity contribution in [1.82, 2.24) is 0 Å². The van der Waals surface area contributed by atoms with Crippen molar-refractivity contribution in [3.05, 3.63) is 39.2 Å². The molecule has 1 aromatic heterocycles. The molecule has 4 N–H and O–H groups in total. The molecule has 2 aromatic rings. The quantitative estimate of drug-likeness (QED) is 0.430. The fourth-order valence-corrected chi connectivity index (χ4v) is 4.22. The summed E-state index contributed by atoms with van der Waals surface area (Å²) in [6.07, 6.45) is -2.24. The van der Waals surface area contributed by atoms with E-state index in [0.717, 1.165) is 48.6 Å². The maximum atomic E-state index is 12.5. The van der Waals surface area contributed by atoms with Gasteiger partial charge in [-0.3, -0.25) is 0 Å². The van der Waals surface area contributed by atoms with Gasteiger partial charge < -0.3 is 34.3 Å². The molecule has 29 heavy (non-hydrogen) atoms. The van der Waals surface area contributed by atoms with Crippen molar-refractivity contribution in [3.63, 3.8) is 0 Å². The number of fused-ring (bicyclic) bond motifs is 3. The topological polar surface area (TPSA) is 130 Å². The van der Waals surface area contributed by atoms with Crippen LogP contribution in [0.5, 0.6) is 5.75 Å². The Bertz CT molecular complexity index is 950. The summed E-state index contributed by atoms with van der Waals surface area (Å²) < 4.78 is 16.8. The third kappa shape index (κ3) is 3.55. The molecule has 158 valence electrons. The highest BCUT2D eigenvalue weighted by molar-refractivity contribution is 5.86. The number of hydrogen-bond acceptors (Lipinski definition) is 8. The van der Waals surface area contributed by atoms with Gasteiger partial charge in [-0.2, -0.15) is 0 Å². The van der Waals surface area contributed by atoms with Crippen LogP contribution >= 0.6 is 0 Å². The first-order chi connectivity index (χ1) is 13.9. The Balaban J connectivity index is 1.70. The summed E-state index contributed by atoms with van der Waals surface area (Å²) >= 11 is 0. The second kappa shape index (κ2) is 8.04. The molecule has 4 rings (SSSR count). The monoisotopic (exact) mass is 406 g/mol. The average molecular weight is 406 g/mol. The number of aryl methyl sites for hydroxylation is 2. The molecule has 1 aromatic carbocycles. The van der Waals surface area contributed by atoms with Gasteiger partial charge in [-0.15, -0.1) is 0 Å². The van der Waals surface area contributed by atoms with E-state index in [4.69, 9.17) is 13.9 Å². The maximum Gasteiger partial charge on any atom is 0.339 e. The number of ether oxygens (including phenoxy) is 2. The molecule has 0 saturated carbocycles. The smallest absolute Gasteiger partial charge is 0.339 e. The fourth-order valence-electron chi connectivity index (χ4n) is 4.22. The van der Waals surface area contributed by atoms with E-state index in [1.54, 1.807) is 13.0 Å². The minimum atomic E-state index is -1.53. The lowest BCUT2D eigenvalue weighted by atomic mass is 9.98. The lowest BCUT2D eigenvalue weighted by Crippen LogP contribution is -2.60. The SMILES string of the molecule is Cc1c(O[C@H]2O[C@H](CO)[C@@H](O)[C@H](O)[C@H]2O)ccc2c3c(c(=O)oc12)CCCCC3. The van der Waals surface area contributed by atoms with Crippen LogP contribution in [-0.4, -0.2) is 57.7 Å². The van der Waals surface area contributed by atoms with Gasteiger partial charge in [0.1, 0.15) is 35.7 Å². The second-order valence-electron chi connectivity index (χ2n) is 7.79. The van der Waals surface area contributed by atoms with Crippen LogP contribution in [0.4, 0.5) is 0 Å². The molecule has 1 aliphatic heterocycles. The average Bonchev–Trinajstić information content (AvgIpc) is 2.97. The lowest BCUT2D eigenvalue weighted by molar-refractivity contribution is -0.277. The van der Waals surface area contributed by atoms with Crippen molar-refractivity contribution in [2.75, 3.05) is 6.61 Å². The summed E-state index contributed by atoms with van der Waals surface area (Å²) in [4.78, 5) is 12.5. The van der Waals surface area contributed by atoms with Crippen molar-refractivity contribution in [1.29, 1.82) is 0 Å². The largest absolute Gasteiger partial charge is 0.462 e. The molecule has 0 amide bonds. The van der Waals surface area contributed by atoms with Gasteiger partial charge in [0.05, 0.1) is 6.61 Å². The lowest BCUT2D eigenvalue weighted by Gasteiger charge is -2.39. The Morgan fingerprint density at radius 3 is 2.48 bits per heavy atom. The standard InChI is InChI=1S/C21H26O8/c1-10-14(27-21-18(25)17(24)16(23)15(9-22)28-21)8-7-12-11-5-3-2-4-6-13(11)20(26)29-19(10)12/h7-8,15-18,21-25H,2-6,9H2,1H3/t15-,16-,17+,18-,21+/m1/s1. The third-order valence-electron chi connectivity index (χ3n) is 5.93. The van der Waals surface area contributed by atoms with Gasteiger partial charge in [-0.05, 0) is 50.3 Å². The predicted octanol–water partition coefficient (Wildman–Crippen LogP) is 0.549. The molecule has 1 saturated heterocycles. The van der Waals surface area contributed by atoms with Crippen molar-refractivity contribution in [2.45, 2.75) is 69.7 Å². The number of aliphatic hydroxyl groups excluding tert-OH is 4. The molecule has 1 aliphatic carbocycles. The van der Waals surface area contributed by atoms with Crippen LogP contribution < -0.4 is 10.4 Å². The van der Waals surface area contributed by atoms with Gasteiger partial charge in [-0.1, -0.05) is 6.42 Å². The number of benzene rings is 1.